The zero-order chi connectivity index (χ0) is 22.7. The number of hydrogen-bond donors (Lipinski definition) is 1. The quantitative estimate of drug-likeness (QED) is 0.449. The van der Waals surface area contributed by atoms with E-state index >= 15 is 0 Å². The summed E-state index contributed by atoms with van der Waals surface area (Å²) in [5, 5.41) is 2.75. The van der Waals surface area contributed by atoms with E-state index in [2.05, 4.69) is 15.3 Å². The van der Waals surface area contributed by atoms with Crippen molar-refractivity contribution < 1.29 is 17.4 Å². The van der Waals surface area contributed by atoms with Crippen LogP contribution in [0.25, 0.3) is 5.82 Å². The van der Waals surface area contributed by atoms with E-state index in [-0.39, 0.29) is 16.6 Å². The third kappa shape index (κ3) is 4.68. The lowest BCUT2D eigenvalue weighted by Crippen LogP contribution is -2.13. The molecule has 0 spiro atoms. The van der Waals surface area contributed by atoms with Gasteiger partial charge >= 0.3 is 10.1 Å². The van der Waals surface area contributed by atoms with Crippen molar-refractivity contribution in [3.63, 3.8) is 0 Å². The molecule has 0 saturated carbocycles. The molecule has 0 fully saturated rings. The molecule has 0 atom stereocenters. The Labute approximate surface area is 185 Å². The lowest BCUT2D eigenvalue weighted by atomic mass is 10.2. The van der Waals surface area contributed by atoms with Crippen LogP contribution in [-0.4, -0.2) is 28.9 Å². The van der Waals surface area contributed by atoms with Crippen molar-refractivity contribution in [1.29, 1.82) is 0 Å². The van der Waals surface area contributed by atoms with E-state index in [4.69, 9.17) is 4.18 Å². The number of carbonyl (C=O) groups is 1. The third-order valence-electron chi connectivity index (χ3n) is 4.71. The summed E-state index contributed by atoms with van der Waals surface area (Å²) in [6.07, 6.45) is 6.59. The van der Waals surface area contributed by atoms with E-state index in [0.29, 0.717) is 22.6 Å². The van der Waals surface area contributed by atoms with E-state index < -0.39 is 10.1 Å². The van der Waals surface area contributed by atoms with Crippen molar-refractivity contribution in [2.45, 2.75) is 18.7 Å². The highest BCUT2D eigenvalue weighted by atomic mass is 32.2. The van der Waals surface area contributed by atoms with Crippen LogP contribution in [0.1, 0.15) is 21.5 Å². The van der Waals surface area contributed by atoms with Gasteiger partial charge in [-0.25, -0.2) is 9.97 Å². The maximum atomic E-state index is 12.6. The number of amides is 1. The Balaban J connectivity index is 1.44. The molecule has 0 aliphatic rings. The van der Waals surface area contributed by atoms with Crippen molar-refractivity contribution in [3.8, 4) is 11.6 Å². The van der Waals surface area contributed by atoms with Gasteiger partial charge in [-0.05, 0) is 67.4 Å². The fourth-order valence-corrected chi connectivity index (χ4v) is 4.27. The largest absolute Gasteiger partial charge is 0.379 e. The van der Waals surface area contributed by atoms with Gasteiger partial charge in [0.15, 0.2) is 0 Å². The summed E-state index contributed by atoms with van der Waals surface area (Å²) < 4.78 is 32.3. The number of aromatic nitrogens is 3. The number of nitrogens with zero attached hydrogens (tertiary/aromatic N) is 3. The monoisotopic (exact) mass is 448 g/mol. The Morgan fingerprint density at radius 2 is 1.81 bits per heavy atom. The minimum absolute atomic E-state index is 0.117. The second kappa shape index (κ2) is 8.64. The molecule has 9 heteroatoms. The topological polar surface area (TPSA) is 103 Å². The fraction of sp³-hybridized carbons (Fsp3) is 0.0870. The van der Waals surface area contributed by atoms with E-state index in [9.17, 15) is 13.2 Å². The van der Waals surface area contributed by atoms with Gasteiger partial charge in [0.2, 0.25) is 0 Å². The molecule has 0 bridgehead atoms. The molecule has 4 aromatic rings. The molecule has 0 radical (unpaired) electrons. The summed E-state index contributed by atoms with van der Waals surface area (Å²) in [6, 6.07) is 14.5. The number of carbonyl (C=O) groups excluding carboxylic acids is 1. The van der Waals surface area contributed by atoms with E-state index in [1.165, 1.54) is 24.3 Å². The van der Waals surface area contributed by atoms with Crippen molar-refractivity contribution in [2.75, 3.05) is 5.32 Å². The third-order valence-corrected chi connectivity index (χ3v) is 6.10. The van der Waals surface area contributed by atoms with Gasteiger partial charge < -0.3 is 9.50 Å². The molecule has 0 unspecified atom stereocenters. The predicted octanol–water partition coefficient (Wildman–Crippen LogP) is 3.90. The highest BCUT2D eigenvalue weighted by molar-refractivity contribution is 7.87. The normalized spacial score (nSPS) is 11.2. The number of imidazole rings is 1. The van der Waals surface area contributed by atoms with Crippen molar-refractivity contribution in [2.24, 2.45) is 0 Å². The predicted molar refractivity (Wildman–Crippen MR) is 119 cm³/mol. The Hall–Kier alpha value is -3.98. The van der Waals surface area contributed by atoms with Crippen LogP contribution in [0.3, 0.4) is 0 Å². The minimum atomic E-state index is -3.99. The molecule has 162 valence electrons. The van der Waals surface area contributed by atoms with Crippen LogP contribution in [0.5, 0.6) is 5.75 Å². The zero-order valence-electron chi connectivity index (χ0n) is 17.4. The first-order valence-corrected chi connectivity index (χ1v) is 11.1. The number of anilines is 1. The molecule has 32 heavy (non-hydrogen) atoms. The summed E-state index contributed by atoms with van der Waals surface area (Å²) >= 11 is 0. The van der Waals surface area contributed by atoms with Gasteiger partial charge in [0.1, 0.15) is 22.8 Å². The first-order chi connectivity index (χ1) is 15.3. The first-order valence-electron chi connectivity index (χ1n) is 9.69. The number of pyridine rings is 1. The van der Waals surface area contributed by atoms with Crippen LogP contribution >= 0.6 is 0 Å². The minimum Gasteiger partial charge on any atom is -0.379 e. The van der Waals surface area contributed by atoms with E-state index in [0.717, 1.165) is 5.56 Å². The van der Waals surface area contributed by atoms with Crippen LogP contribution in [0.4, 0.5) is 5.69 Å². The summed E-state index contributed by atoms with van der Waals surface area (Å²) in [4.78, 5) is 20.9. The van der Waals surface area contributed by atoms with Crippen LogP contribution < -0.4 is 9.50 Å². The maximum Gasteiger partial charge on any atom is 0.339 e. The molecule has 8 nitrogen and oxygen atoms in total. The molecule has 2 aromatic heterocycles. The molecular formula is C23H20N4O4S. The number of aryl methyl sites for hydroxylation is 2. The molecule has 4 rings (SSSR count). The van der Waals surface area contributed by atoms with Gasteiger partial charge in [-0.1, -0.05) is 12.1 Å². The molecule has 0 aliphatic carbocycles. The number of hydrogen-bond acceptors (Lipinski definition) is 6. The number of rotatable bonds is 6. The Kier molecular flexibility index (Phi) is 5.74. The van der Waals surface area contributed by atoms with Crippen LogP contribution in [0, 0.1) is 13.8 Å². The number of nitrogens with one attached hydrogen (secondary N) is 1. The fourth-order valence-electron chi connectivity index (χ4n) is 3.02. The van der Waals surface area contributed by atoms with Crippen molar-refractivity contribution >= 4 is 21.7 Å². The molecule has 2 heterocycles. The number of benzene rings is 2. The van der Waals surface area contributed by atoms with Gasteiger partial charge in [-0.2, -0.15) is 8.42 Å². The average Bonchev–Trinajstić information content (AvgIpc) is 3.31. The second-order valence-corrected chi connectivity index (χ2v) is 8.67. The van der Waals surface area contributed by atoms with Crippen LogP contribution in [0.15, 0.2) is 84.4 Å². The first kappa shape index (κ1) is 21.3. The highest BCUT2D eigenvalue weighted by Gasteiger charge is 2.19. The van der Waals surface area contributed by atoms with Crippen LogP contribution in [0.2, 0.25) is 0 Å². The summed E-state index contributed by atoms with van der Waals surface area (Å²) in [6.45, 7) is 3.52. The SMILES string of the molecule is Cc1ccc(C)c(S(=O)(=O)Oc2ccc(C(=O)Nc3ccc(-n4ccnc4)nc3)cc2)c1. The van der Waals surface area contributed by atoms with Crippen LogP contribution in [-0.2, 0) is 10.1 Å². The Morgan fingerprint density at radius 1 is 1.03 bits per heavy atom. The average molecular weight is 449 g/mol. The van der Waals surface area contributed by atoms with Crippen molar-refractivity contribution in [1.82, 2.24) is 14.5 Å². The van der Waals surface area contributed by atoms with Gasteiger partial charge in [-0.3, -0.25) is 9.36 Å². The summed E-state index contributed by atoms with van der Waals surface area (Å²) in [5.74, 6) is 0.437. The second-order valence-electron chi connectivity index (χ2n) is 7.16. The molecule has 1 amide bonds. The molecular weight excluding hydrogens is 428 g/mol. The van der Waals surface area contributed by atoms with E-state index in [1.807, 2.05) is 13.0 Å². The van der Waals surface area contributed by atoms with Crippen molar-refractivity contribution in [3.05, 3.63) is 96.2 Å². The van der Waals surface area contributed by atoms with Gasteiger partial charge in [0.05, 0.1) is 11.9 Å². The highest BCUT2D eigenvalue weighted by Crippen LogP contribution is 2.23. The standard InChI is InChI=1S/C23H20N4O4S/c1-16-3-4-17(2)21(13-16)32(29,30)31-20-8-5-18(6-9-20)23(28)26-19-7-10-22(25-14-19)27-12-11-24-15-27/h3-15H,1-2H3,(H,26,28). The molecule has 1 N–H and O–H groups in total. The van der Waals surface area contributed by atoms with Gasteiger partial charge in [0.25, 0.3) is 5.91 Å². The zero-order valence-corrected chi connectivity index (χ0v) is 18.2. The summed E-state index contributed by atoms with van der Waals surface area (Å²) in [7, 11) is -3.99. The molecule has 0 saturated heterocycles. The lowest BCUT2D eigenvalue weighted by Gasteiger charge is -2.11. The molecule has 0 aliphatic heterocycles. The van der Waals surface area contributed by atoms with Gasteiger partial charge in [0, 0.05) is 18.0 Å². The van der Waals surface area contributed by atoms with E-state index in [1.54, 1.807) is 60.7 Å². The lowest BCUT2D eigenvalue weighted by molar-refractivity contribution is 0.102. The maximum absolute atomic E-state index is 12.6. The smallest absolute Gasteiger partial charge is 0.339 e. The van der Waals surface area contributed by atoms with Gasteiger partial charge in [-0.15, -0.1) is 0 Å². The Bertz CT molecular complexity index is 1350. The Morgan fingerprint density at radius 3 is 2.47 bits per heavy atom. The molecule has 2 aromatic carbocycles. The summed E-state index contributed by atoms with van der Waals surface area (Å²) in [5.41, 5.74) is 2.29.